The SMILES string of the molecule is CCC(C)N1CC(CCCO)CC(NCCCO)C1. The van der Waals surface area contributed by atoms with E-state index in [0.717, 1.165) is 32.4 Å². The molecule has 0 aromatic rings. The van der Waals surface area contributed by atoms with E-state index >= 15 is 0 Å². The normalized spacial score (nSPS) is 26.5. The molecule has 3 N–H and O–H groups in total. The molecule has 4 heteroatoms. The maximum absolute atomic E-state index is 9.00. The third-order valence-electron chi connectivity index (χ3n) is 4.32. The van der Waals surface area contributed by atoms with Gasteiger partial charge in [0.2, 0.25) is 0 Å². The molecule has 1 saturated heterocycles. The molecule has 3 unspecified atom stereocenters. The Balaban J connectivity index is 2.45. The highest BCUT2D eigenvalue weighted by Crippen LogP contribution is 2.23. The first kappa shape index (κ1) is 16.9. The Morgan fingerprint density at radius 1 is 1.21 bits per heavy atom. The van der Waals surface area contributed by atoms with Crippen LogP contribution in [0.4, 0.5) is 0 Å². The van der Waals surface area contributed by atoms with E-state index in [4.69, 9.17) is 10.2 Å². The van der Waals surface area contributed by atoms with Crippen molar-refractivity contribution in [1.82, 2.24) is 10.2 Å². The largest absolute Gasteiger partial charge is 0.396 e. The van der Waals surface area contributed by atoms with Crippen LogP contribution in [0, 0.1) is 5.92 Å². The second kappa shape index (κ2) is 9.70. The number of nitrogens with one attached hydrogen (secondary N) is 1. The van der Waals surface area contributed by atoms with E-state index in [0.29, 0.717) is 24.6 Å². The van der Waals surface area contributed by atoms with E-state index < -0.39 is 0 Å². The summed E-state index contributed by atoms with van der Waals surface area (Å²) in [5, 5.41) is 21.4. The highest BCUT2D eigenvalue weighted by atomic mass is 16.3. The van der Waals surface area contributed by atoms with Crippen molar-refractivity contribution < 1.29 is 10.2 Å². The molecule has 0 aromatic carbocycles. The molecule has 0 aromatic heterocycles. The first-order chi connectivity index (χ1) is 9.21. The van der Waals surface area contributed by atoms with Crippen LogP contribution in [0.3, 0.4) is 0 Å². The Kier molecular flexibility index (Phi) is 8.62. The zero-order valence-corrected chi connectivity index (χ0v) is 12.6. The van der Waals surface area contributed by atoms with Gasteiger partial charge in [0.15, 0.2) is 0 Å². The lowest BCUT2D eigenvalue weighted by molar-refractivity contribution is 0.0941. The van der Waals surface area contributed by atoms with Crippen LogP contribution in [-0.4, -0.2) is 60.0 Å². The van der Waals surface area contributed by atoms with Gasteiger partial charge in [-0.05, 0) is 51.5 Å². The molecular formula is C15H32N2O2. The minimum Gasteiger partial charge on any atom is -0.396 e. The van der Waals surface area contributed by atoms with E-state index in [-0.39, 0.29) is 6.61 Å². The summed E-state index contributed by atoms with van der Waals surface area (Å²) in [6, 6.07) is 1.18. The molecule has 0 bridgehead atoms. The van der Waals surface area contributed by atoms with Gasteiger partial charge in [-0.2, -0.15) is 0 Å². The van der Waals surface area contributed by atoms with Crippen molar-refractivity contribution in [1.29, 1.82) is 0 Å². The van der Waals surface area contributed by atoms with E-state index in [2.05, 4.69) is 24.1 Å². The van der Waals surface area contributed by atoms with Gasteiger partial charge in [-0.25, -0.2) is 0 Å². The van der Waals surface area contributed by atoms with Gasteiger partial charge in [0.1, 0.15) is 0 Å². The van der Waals surface area contributed by atoms with Gasteiger partial charge >= 0.3 is 0 Å². The number of hydrogen-bond donors (Lipinski definition) is 3. The Hall–Kier alpha value is -0.160. The fourth-order valence-corrected chi connectivity index (χ4v) is 2.98. The minimum absolute atomic E-state index is 0.267. The highest BCUT2D eigenvalue weighted by molar-refractivity contribution is 4.85. The maximum Gasteiger partial charge on any atom is 0.0443 e. The third kappa shape index (κ3) is 6.21. The molecular weight excluding hydrogens is 240 g/mol. The first-order valence-corrected chi connectivity index (χ1v) is 7.90. The average Bonchev–Trinajstić information content (AvgIpc) is 2.44. The van der Waals surface area contributed by atoms with E-state index in [9.17, 15) is 0 Å². The minimum atomic E-state index is 0.267. The van der Waals surface area contributed by atoms with Gasteiger partial charge in [0.25, 0.3) is 0 Å². The lowest BCUT2D eigenvalue weighted by atomic mass is 9.89. The smallest absolute Gasteiger partial charge is 0.0443 e. The predicted octanol–water partition coefficient (Wildman–Crippen LogP) is 1.22. The fourth-order valence-electron chi connectivity index (χ4n) is 2.98. The van der Waals surface area contributed by atoms with Gasteiger partial charge < -0.3 is 15.5 Å². The number of piperidine rings is 1. The first-order valence-electron chi connectivity index (χ1n) is 7.90. The lowest BCUT2D eigenvalue weighted by Gasteiger charge is -2.41. The highest BCUT2D eigenvalue weighted by Gasteiger charge is 2.28. The van der Waals surface area contributed by atoms with Crippen LogP contribution in [0.5, 0.6) is 0 Å². The summed E-state index contributed by atoms with van der Waals surface area (Å²) < 4.78 is 0. The van der Waals surface area contributed by atoms with Gasteiger partial charge in [-0.1, -0.05) is 6.92 Å². The number of nitrogens with zero attached hydrogens (tertiary/aromatic N) is 1. The second-order valence-electron chi connectivity index (χ2n) is 5.91. The Morgan fingerprint density at radius 3 is 2.58 bits per heavy atom. The van der Waals surface area contributed by atoms with E-state index in [1.165, 1.54) is 19.4 Å². The van der Waals surface area contributed by atoms with Crippen LogP contribution < -0.4 is 5.32 Å². The Morgan fingerprint density at radius 2 is 1.95 bits per heavy atom. The molecule has 1 aliphatic rings. The van der Waals surface area contributed by atoms with E-state index in [1.54, 1.807) is 0 Å². The number of aliphatic hydroxyl groups is 2. The predicted molar refractivity (Wildman–Crippen MR) is 79.2 cm³/mol. The molecule has 4 nitrogen and oxygen atoms in total. The zero-order chi connectivity index (χ0) is 14.1. The van der Waals surface area contributed by atoms with Crippen molar-refractivity contribution in [2.75, 3.05) is 32.8 Å². The molecule has 0 saturated carbocycles. The van der Waals surface area contributed by atoms with Crippen molar-refractivity contribution in [3.8, 4) is 0 Å². The number of aliphatic hydroxyl groups excluding tert-OH is 2. The van der Waals surface area contributed by atoms with Gasteiger partial charge in [-0.3, -0.25) is 4.90 Å². The lowest BCUT2D eigenvalue weighted by Crippen LogP contribution is -2.52. The third-order valence-corrected chi connectivity index (χ3v) is 4.32. The van der Waals surface area contributed by atoms with Crippen molar-refractivity contribution in [2.45, 2.75) is 58.0 Å². The molecule has 0 spiro atoms. The molecule has 1 fully saturated rings. The molecule has 114 valence electrons. The standard InChI is InChI=1S/C15H32N2O2/c1-3-13(2)17-11-14(6-4-8-18)10-15(12-17)16-7-5-9-19/h13-16,18-19H,3-12H2,1-2H3. The summed E-state index contributed by atoms with van der Waals surface area (Å²) in [5.74, 6) is 0.696. The summed E-state index contributed by atoms with van der Waals surface area (Å²) in [5.41, 5.74) is 0. The van der Waals surface area contributed by atoms with Crippen LogP contribution in [0.25, 0.3) is 0 Å². The summed E-state index contributed by atoms with van der Waals surface area (Å²) >= 11 is 0. The van der Waals surface area contributed by atoms with Crippen LogP contribution in [0.1, 0.15) is 46.0 Å². The number of hydrogen-bond acceptors (Lipinski definition) is 4. The molecule has 1 heterocycles. The number of rotatable bonds is 9. The Bertz CT molecular complexity index is 226. The maximum atomic E-state index is 9.00. The molecule has 3 atom stereocenters. The molecule has 1 aliphatic heterocycles. The summed E-state index contributed by atoms with van der Waals surface area (Å²) in [6.07, 6.45) is 5.28. The fraction of sp³-hybridized carbons (Fsp3) is 1.00. The average molecular weight is 272 g/mol. The number of likely N-dealkylation sites (tertiary alicyclic amines) is 1. The van der Waals surface area contributed by atoms with Gasteiger partial charge in [0, 0.05) is 38.4 Å². The zero-order valence-electron chi connectivity index (χ0n) is 12.6. The van der Waals surface area contributed by atoms with Gasteiger partial charge in [0.05, 0.1) is 0 Å². The van der Waals surface area contributed by atoms with Crippen molar-refractivity contribution >= 4 is 0 Å². The topological polar surface area (TPSA) is 55.7 Å². The van der Waals surface area contributed by atoms with Crippen molar-refractivity contribution in [2.24, 2.45) is 5.92 Å². The molecule has 19 heavy (non-hydrogen) atoms. The van der Waals surface area contributed by atoms with Crippen molar-refractivity contribution in [3.63, 3.8) is 0 Å². The summed E-state index contributed by atoms with van der Waals surface area (Å²) in [7, 11) is 0. The molecule has 1 rings (SSSR count). The monoisotopic (exact) mass is 272 g/mol. The Labute approximate surface area is 118 Å². The second-order valence-corrected chi connectivity index (χ2v) is 5.91. The van der Waals surface area contributed by atoms with E-state index in [1.807, 2.05) is 0 Å². The quantitative estimate of drug-likeness (QED) is 0.553. The van der Waals surface area contributed by atoms with Gasteiger partial charge in [-0.15, -0.1) is 0 Å². The summed E-state index contributed by atoms with van der Waals surface area (Å²) in [4.78, 5) is 2.59. The molecule has 0 radical (unpaired) electrons. The van der Waals surface area contributed by atoms with Crippen LogP contribution >= 0.6 is 0 Å². The van der Waals surface area contributed by atoms with Crippen molar-refractivity contribution in [3.05, 3.63) is 0 Å². The molecule has 0 aliphatic carbocycles. The molecule has 0 amide bonds. The van der Waals surface area contributed by atoms with Crippen LogP contribution in [-0.2, 0) is 0 Å². The van der Waals surface area contributed by atoms with Crippen LogP contribution in [0.15, 0.2) is 0 Å². The summed E-state index contributed by atoms with van der Waals surface area (Å²) in [6.45, 7) is 8.33. The van der Waals surface area contributed by atoms with Crippen LogP contribution in [0.2, 0.25) is 0 Å².